The summed E-state index contributed by atoms with van der Waals surface area (Å²) in [6, 6.07) is 5.08. The Bertz CT molecular complexity index is 269. The van der Waals surface area contributed by atoms with Crippen LogP contribution in [-0.2, 0) is 0 Å². The molecule has 84 valence electrons. The van der Waals surface area contributed by atoms with Gasteiger partial charge in [-0.1, -0.05) is 26.8 Å². The van der Waals surface area contributed by atoms with E-state index in [0.717, 1.165) is 0 Å². The van der Waals surface area contributed by atoms with Crippen molar-refractivity contribution in [3.63, 3.8) is 0 Å². The Kier molecular flexibility index (Phi) is 4.76. The largest absolute Gasteiger partial charge is 0.307 e. The molecule has 0 radical (unpaired) electrons. The van der Waals surface area contributed by atoms with Gasteiger partial charge in [0.25, 0.3) is 0 Å². The van der Waals surface area contributed by atoms with Crippen LogP contribution in [0, 0.1) is 5.92 Å². The van der Waals surface area contributed by atoms with Gasteiger partial charge in [0, 0.05) is 24.5 Å². The third-order valence-corrected chi connectivity index (χ3v) is 2.89. The number of aromatic nitrogens is 1. The molecule has 0 aliphatic rings. The first kappa shape index (κ1) is 12.2. The summed E-state index contributed by atoms with van der Waals surface area (Å²) in [4.78, 5) is 4.14. The molecule has 2 nitrogen and oxygen atoms in total. The number of nitrogens with one attached hydrogen (secondary N) is 1. The second kappa shape index (κ2) is 5.86. The lowest BCUT2D eigenvalue weighted by atomic mass is 9.99. The lowest BCUT2D eigenvalue weighted by Crippen LogP contribution is -2.35. The second-order valence-electron chi connectivity index (χ2n) is 4.43. The molecule has 1 heterocycles. The Balaban J connectivity index is 2.58. The van der Waals surface area contributed by atoms with Crippen LogP contribution in [0.1, 0.15) is 45.7 Å². The monoisotopic (exact) mass is 206 g/mol. The van der Waals surface area contributed by atoms with Crippen LogP contribution in [0.2, 0.25) is 0 Å². The van der Waals surface area contributed by atoms with Gasteiger partial charge in [-0.05, 0) is 30.9 Å². The average molecular weight is 206 g/mol. The van der Waals surface area contributed by atoms with Crippen LogP contribution in [0.25, 0.3) is 0 Å². The molecule has 2 atom stereocenters. The molecule has 15 heavy (non-hydrogen) atoms. The van der Waals surface area contributed by atoms with Crippen LogP contribution in [-0.4, -0.2) is 11.0 Å². The van der Waals surface area contributed by atoms with Crippen molar-refractivity contribution in [2.75, 3.05) is 0 Å². The van der Waals surface area contributed by atoms with Crippen LogP contribution in [0.15, 0.2) is 24.5 Å². The van der Waals surface area contributed by atoms with E-state index in [1.807, 2.05) is 18.5 Å². The molecule has 0 saturated carbocycles. The van der Waals surface area contributed by atoms with E-state index in [9.17, 15) is 0 Å². The zero-order valence-corrected chi connectivity index (χ0v) is 10.2. The first-order valence-corrected chi connectivity index (χ1v) is 5.81. The van der Waals surface area contributed by atoms with Crippen molar-refractivity contribution in [1.82, 2.24) is 10.3 Å². The summed E-state index contributed by atoms with van der Waals surface area (Å²) in [5.74, 6) is 0.675. The van der Waals surface area contributed by atoms with Gasteiger partial charge in [0.2, 0.25) is 0 Å². The first-order valence-electron chi connectivity index (χ1n) is 5.81. The number of rotatable bonds is 5. The highest BCUT2D eigenvalue weighted by molar-refractivity contribution is 5.12. The molecule has 0 aliphatic carbocycles. The highest BCUT2D eigenvalue weighted by Gasteiger charge is 2.14. The maximum absolute atomic E-state index is 4.14. The second-order valence-corrected chi connectivity index (χ2v) is 4.43. The van der Waals surface area contributed by atoms with Crippen molar-refractivity contribution >= 4 is 0 Å². The van der Waals surface area contributed by atoms with Crippen molar-refractivity contribution in [2.45, 2.75) is 46.2 Å². The molecular weight excluding hydrogens is 184 g/mol. The molecular formula is C13H22N2. The third-order valence-electron chi connectivity index (χ3n) is 2.89. The molecule has 0 unspecified atom stereocenters. The van der Waals surface area contributed by atoms with E-state index in [0.29, 0.717) is 18.0 Å². The summed E-state index contributed by atoms with van der Waals surface area (Å²) in [6.45, 7) is 8.95. The van der Waals surface area contributed by atoms with Crippen molar-refractivity contribution in [3.05, 3.63) is 30.1 Å². The fraction of sp³-hybridized carbons (Fsp3) is 0.615. The molecule has 0 fully saturated rings. The molecule has 0 amide bonds. The van der Waals surface area contributed by atoms with Crippen molar-refractivity contribution in [3.8, 4) is 0 Å². The highest BCUT2D eigenvalue weighted by atomic mass is 14.9. The van der Waals surface area contributed by atoms with Crippen molar-refractivity contribution in [1.29, 1.82) is 0 Å². The number of pyridine rings is 1. The van der Waals surface area contributed by atoms with Crippen LogP contribution in [0.4, 0.5) is 0 Å². The summed E-state index contributed by atoms with van der Waals surface area (Å²) in [7, 11) is 0. The van der Waals surface area contributed by atoms with E-state index >= 15 is 0 Å². The van der Waals surface area contributed by atoms with Crippen molar-refractivity contribution in [2.24, 2.45) is 5.92 Å². The predicted octanol–water partition coefficient (Wildman–Crippen LogP) is 3.17. The molecule has 1 N–H and O–H groups in total. The van der Waals surface area contributed by atoms with Gasteiger partial charge in [0.15, 0.2) is 0 Å². The van der Waals surface area contributed by atoms with E-state index in [-0.39, 0.29) is 0 Å². The SMILES string of the molecule is CC[C@@H](N[C@H](C)c1cccnc1)C(C)C. The maximum Gasteiger partial charge on any atom is 0.0315 e. The predicted molar refractivity (Wildman–Crippen MR) is 64.7 cm³/mol. The molecule has 0 saturated heterocycles. The van der Waals surface area contributed by atoms with Crippen LogP contribution < -0.4 is 5.32 Å². The fourth-order valence-corrected chi connectivity index (χ4v) is 1.83. The van der Waals surface area contributed by atoms with E-state index in [2.05, 4.69) is 44.1 Å². The average Bonchev–Trinajstić information content (AvgIpc) is 2.26. The third kappa shape index (κ3) is 3.63. The quantitative estimate of drug-likeness (QED) is 0.800. The number of nitrogens with zero attached hydrogens (tertiary/aromatic N) is 1. The number of hydrogen-bond donors (Lipinski definition) is 1. The lowest BCUT2D eigenvalue weighted by Gasteiger charge is -2.25. The zero-order valence-electron chi connectivity index (χ0n) is 10.2. The molecule has 0 spiro atoms. The Morgan fingerprint density at radius 2 is 2.07 bits per heavy atom. The minimum absolute atomic E-state index is 0.381. The topological polar surface area (TPSA) is 24.9 Å². The van der Waals surface area contributed by atoms with Gasteiger partial charge in [-0.25, -0.2) is 0 Å². The van der Waals surface area contributed by atoms with Crippen molar-refractivity contribution < 1.29 is 0 Å². The van der Waals surface area contributed by atoms with E-state index in [1.54, 1.807) is 0 Å². The van der Waals surface area contributed by atoms with Gasteiger partial charge in [-0.2, -0.15) is 0 Å². The summed E-state index contributed by atoms with van der Waals surface area (Å²) in [5.41, 5.74) is 1.26. The Morgan fingerprint density at radius 1 is 1.33 bits per heavy atom. The zero-order chi connectivity index (χ0) is 11.3. The fourth-order valence-electron chi connectivity index (χ4n) is 1.83. The van der Waals surface area contributed by atoms with Gasteiger partial charge in [0.1, 0.15) is 0 Å². The normalized spacial score (nSPS) is 15.3. The van der Waals surface area contributed by atoms with Gasteiger partial charge in [0.05, 0.1) is 0 Å². The lowest BCUT2D eigenvalue weighted by molar-refractivity contribution is 0.355. The maximum atomic E-state index is 4.14. The number of hydrogen-bond acceptors (Lipinski definition) is 2. The molecule has 0 bridgehead atoms. The van der Waals surface area contributed by atoms with E-state index in [4.69, 9.17) is 0 Å². The molecule has 2 heteroatoms. The van der Waals surface area contributed by atoms with Gasteiger partial charge < -0.3 is 5.32 Å². The molecule has 1 rings (SSSR count). The summed E-state index contributed by atoms with van der Waals surface area (Å²) >= 11 is 0. The minimum atomic E-state index is 0.381. The molecule has 1 aromatic rings. The summed E-state index contributed by atoms with van der Waals surface area (Å²) in [5, 5.41) is 3.64. The van der Waals surface area contributed by atoms with Crippen LogP contribution in [0.3, 0.4) is 0 Å². The molecule has 0 aliphatic heterocycles. The summed E-state index contributed by atoms with van der Waals surface area (Å²) in [6.07, 6.45) is 4.92. The summed E-state index contributed by atoms with van der Waals surface area (Å²) < 4.78 is 0. The minimum Gasteiger partial charge on any atom is -0.307 e. The molecule has 0 aromatic carbocycles. The standard InChI is InChI=1S/C13H22N2/c1-5-13(10(2)3)15-11(4)12-7-6-8-14-9-12/h6-11,13,15H,5H2,1-4H3/t11-,13-/m1/s1. The van der Waals surface area contributed by atoms with Crippen LogP contribution >= 0.6 is 0 Å². The van der Waals surface area contributed by atoms with E-state index in [1.165, 1.54) is 12.0 Å². The van der Waals surface area contributed by atoms with Gasteiger partial charge in [-0.15, -0.1) is 0 Å². The Hall–Kier alpha value is -0.890. The smallest absolute Gasteiger partial charge is 0.0315 e. The molecule has 1 aromatic heterocycles. The van der Waals surface area contributed by atoms with Gasteiger partial charge >= 0.3 is 0 Å². The van der Waals surface area contributed by atoms with E-state index < -0.39 is 0 Å². The Labute approximate surface area is 93.1 Å². The first-order chi connectivity index (χ1) is 7.15. The van der Waals surface area contributed by atoms with Crippen LogP contribution in [0.5, 0.6) is 0 Å². The van der Waals surface area contributed by atoms with Gasteiger partial charge in [-0.3, -0.25) is 4.98 Å². The Morgan fingerprint density at radius 3 is 2.53 bits per heavy atom. The highest BCUT2D eigenvalue weighted by Crippen LogP contribution is 2.15.